The first-order chi connectivity index (χ1) is 4.39. The topological polar surface area (TPSA) is 101 Å². The third kappa shape index (κ3) is 2.30. The van der Waals surface area contributed by atoms with Crippen LogP contribution in [-0.2, 0) is 4.79 Å². The molecule has 60 valence electrons. The van der Waals surface area contributed by atoms with Crippen LogP contribution in [-0.4, -0.2) is 22.7 Å². The number of hydrogen-bond donors (Lipinski definition) is 4. The van der Waals surface area contributed by atoms with Gasteiger partial charge in [0.15, 0.2) is 0 Å². The molecule has 1 amide bonds. The molecule has 0 fully saturated rings. The molecule has 6 N–H and O–H groups in total. The van der Waals surface area contributed by atoms with Gasteiger partial charge >= 0.3 is 0 Å². The van der Waals surface area contributed by atoms with E-state index in [2.05, 4.69) is 0 Å². The average molecular weight is 147 g/mol. The monoisotopic (exact) mass is 147 g/mol. The van der Waals surface area contributed by atoms with Crippen molar-refractivity contribution >= 4 is 5.91 Å². The number of hydrogen-bond acceptors (Lipinski definition) is 4. The van der Waals surface area contributed by atoms with E-state index in [1.165, 1.54) is 5.48 Å². The molecule has 5 nitrogen and oxygen atoms in total. The zero-order valence-corrected chi connectivity index (χ0v) is 6.09. The molecule has 0 aromatic carbocycles. The molecule has 0 aliphatic carbocycles. The minimum absolute atomic E-state index is 0.674. The zero-order chi connectivity index (χ0) is 8.36. The van der Waals surface area contributed by atoms with Crippen molar-refractivity contribution in [2.45, 2.75) is 25.4 Å². The maximum atomic E-state index is 10.6. The van der Waals surface area contributed by atoms with Crippen LogP contribution in [0.25, 0.3) is 0 Å². The van der Waals surface area contributed by atoms with E-state index in [0.717, 1.165) is 0 Å². The smallest absolute Gasteiger partial charge is 0.262 e. The molecule has 0 saturated heterocycles. The Kier molecular flexibility index (Phi) is 2.77. The average Bonchev–Trinajstić information content (AvgIpc) is 1.83. The largest absolute Gasteiger partial charge is 0.324 e. The molecule has 0 aromatic rings. The Hall–Kier alpha value is -0.650. The van der Waals surface area contributed by atoms with Crippen LogP contribution < -0.4 is 16.9 Å². The Morgan fingerprint density at radius 3 is 2.20 bits per heavy atom. The van der Waals surface area contributed by atoms with E-state index in [1.54, 1.807) is 13.8 Å². The fourth-order valence-electron chi connectivity index (χ4n) is 0.407. The normalized spacial score (nSPS) is 14.5. The van der Waals surface area contributed by atoms with Crippen LogP contribution in [0.1, 0.15) is 13.8 Å². The first kappa shape index (κ1) is 9.35. The van der Waals surface area contributed by atoms with Gasteiger partial charge in [-0.3, -0.25) is 10.0 Å². The lowest BCUT2D eigenvalue weighted by atomic mass is 9.96. The van der Waals surface area contributed by atoms with E-state index in [0.29, 0.717) is 0 Å². The van der Waals surface area contributed by atoms with Crippen molar-refractivity contribution in [2.24, 2.45) is 11.5 Å². The molecule has 0 rings (SSSR count). The minimum atomic E-state index is -0.891. The Labute approximate surface area is 59.3 Å². The van der Waals surface area contributed by atoms with Gasteiger partial charge < -0.3 is 11.5 Å². The summed E-state index contributed by atoms with van der Waals surface area (Å²) in [5, 5.41) is 8.13. The minimum Gasteiger partial charge on any atom is -0.324 e. The Morgan fingerprint density at radius 1 is 1.70 bits per heavy atom. The molecule has 0 saturated carbocycles. The van der Waals surface area contributed by atoms with Gasteiger partial charge in [0.05, 0.1) is 0 Å². The van der Waals surface area contributed by atoms with Gasteiger partial charge in [-0.25, -0.2) is 5.48 Å². The molecule has 0 bridgehead atoms. The number of nitrogens with two attached hydrogens (primary N) is 2. The molecule has 0 aliphatic rings. The highest BCUT2D eigenvalue weighted by molar-refractivity contribution is 5.81. The molecular weight excluding hydrogens is 134 g/mol. The van der Waals surface area contributed by atoms with Crippen LogP contribution >= 0.6 is 0 Å². The van der Waals surface area contributed by atoms with Crippen molar-refractivity contribution in [3.63, 3.8) is 0 Å². The van der Waals surface area contributed by atoms with Crippen LogP contribution in [0.5, 0.6) is 0 Å². The molecule has 1 atom stereocenters. The summed E-state index contributed by atoms with van der Waals surface area (Å²) in [4.78, 5) is 10.6. The fourth-order valence-corrected chi connectivity index (χ4v) is 0.407. The molecule has 10 heavy (non-hydrogen) atoms. The SMILES string of the molecule is CC(C)(N)[C@H](N)C(=O)NO. The summed E-state index contributed by atoms with van der Waals surface area (Å²) in [6.45, 7) is 3.21. The summed E-state index contributed by atoms with van der Waals surface area (Å²) in [6, 6.07) is -0.891. The van der Waals surface area contributed by atoms with E-state index >= 15 is 0 Å². The molecule has 0 spiro atoms. The summed E-state index contributed by atoms with van der Waals surface area (Å²) >= 11 is 0. The Morgan fingerprint density at radius 2 is 2.10 bits per heavy atom. The number of amides is 1. The molecule has 0 heterocycles. The molecule has 5 heteroatoms. The third-order valence-electron chi connectivity index (χ3n) is 1.19. The summed E-state index contributed by atoms with van der Waals surface area (Å²) in [5.41, 5.74) is 11.4. The highest BCUT2D eigenvalue weighted by Gasteiger charge is 2.27. The van der Waals surface area contributed by atoms with Gasteiger partial charge in [-0.15, -0.1) is 0 Å². The number of rotatable bonds is 2. The molecule has 0 unspecified atom stereocenters. The third-order valence-corrected chi connectivity index (χ3v) is 1.19. The quantitative estimate of drug-likeness (QED) is 0.283. The van der Waals surface area contributed by atoms with Gasteiger partial charge in [-0.1, -0.05) is 0 Å². The lowest BCUT2D eigenvalue weighted by Gasteiger charge is -2.24. The van der Waals surface area contributed by atoms with Crippen LogP contribution in [0.3, 0.4) is 0 Å². The zero-order valence-electron chi connectivity index (χ0n) is 6.09. The first-order valence-electron chi connectivity index (χ1n) is 2.88. The fraction of sp³-hybridized carbons (Fsp3) is 0.800. The number of carbonyl (C=O) groups is 1. The van der Waals surface area contributed by atoms with E-state index in [-0.39, 0.29) is 0 Å². The maximum absolute atomic E-state index is 10.6. The maximum Gasteiger partial charge on any atom is 0.262 e. The van der Waals surface area contributed by atoms with Crippen molar-refractivity contribution in [3.05, 3.63) is 0 Å². The van der Waals surface area contributed by atoms with Crippen molar-refractivity contribution in [1.82, 2.24) is 5.48 Å². The van der Waals surface area contributed by atoms with Gasteiger partial charge in [0.1, 0.15) is 6.04 Å². The van der Waals surface area contributed by atoms with Crippen LogP contribution in [0.15, 0.2) is 0 Å². The highest BCUT2D eigenvalue weighted by atomic mass is 16.5. The number of hydroxylamine groups is 1. The van der Waals surface area contributed by atoms with Gasteiger partial charge in [0.25, 0.3) is 5.91 Å². The molecule has 0 radical (unpaired) electrons. The Bertz CT molecular complexity index is 129. The van der Waals surface area contributed by atoms with Crippen LogP contribution in [0, 0.1) is 0 Å². The summed E-state index contributed by atoms with van der Waals surface area (Å²) < 4.78 is 0. The number of carbonyl (C=O) groups excluding carboxylic acids is 1. The summed E-state index contributed by atoms with van der Waals surface area (Å²) in [6.07, 6.45) is 0. The predicted octanol–water partition coefficient (Wildman–Crippen LogP) is -1.44. The van der Waals surface area contributed by atoms with Crippen molar-refractivity contribution in [2.75, 3.05) is 0 Å². The second-order valence-electron chi connectivity index (χ2n) is 2.78. The van der Waals surface area contributed by atoms with Crippen LogP contribution in [0.4, 0.5) is 0 Å². The van der Waals surface area contributed by atoms with Gasteiger partial charge in [0.2, 0.25) is 0 Å². The van der Waals surface area contributed by atoms with Gasteiger partial charge in [-0.2, -0.15) is 0 Å². The van der Waals surface area contributed by atoms with Crippen molar-refractivity contribution in [1.29, 1.82) is 0 Å². The van der Waals surface area contributed by atoms with Crippen molar-refractivity contribution < 1.29 is 10.0 Å². The van der Waals surface area contributed by atoms with Gasteiger partial charge in [-0.05, 0) is 13.8 Å². The molecule has 0 aromatic heterocycles. The first-order valence-corrected chi connectivity index (χ1v) is 2.88. The second-order valence-corrected chi connectivity index (χ2v) is 2.78. The predicted molar refractivity (Wildman–Crippen MR) is 36.2 cm³/mol. The van der Waals surface area contributed by atoms with E-state index in [4.69, 9.17) is 16.7 Å². The molecular formula is C5H13N3O2. The Balaban J connectivity index is 4.08. The van der Waals surface area contributed by atoms with Gasteiger partial charge in [0, 0.05) is 5.54 Å². The summed E-state index contributed by atoms with van der Waals surface area (Å²) in [7, 11) is 0. The second kappa shape index (κ2) is 2.96. The van der Waals surface area contributed by atoms with Crippen LogP contribution in [0.2, 0.25) is 0 Å². The lowest BCUT2D eigenvalue weighted by Crippen LogP contribution is -2.57. The van der Waals surface area contributed by atoms with Crippen molar-refractivity contribution in [3.8, 4) is 0 Å². The van der Waals surface area contributed by atoms with E-state index in [1.807, 2.05) is 0 Å². The summed E-state index contributed by atoms with van der Waals surface area (Å²) in [5.74, 6) is -0.674. The highest BCUT2D eigenvalue weighted by Crippen LogP contribution is 2.01. The number of nitrogens with one attached hydrogen (secondary N) is 1. The van der Waals surface area contributed by atoms with E-state index < -0.39 is 17.5 Å². The standard InChI is InChI=1S/C5H13N3O2/c1-5(2,7)3(6)4(9)8-10/h3,10H,6-7H2,1-2H3,(H,8,9)/t3-/m1/s1. The lowest BCUT2D eigenvalue weighted by molar-refractivity contribution is -0.131. The molecule has 0 aliphatic heterocycles. The van der Waals surface area contributed by atoms with E-state index in [9.17, 15) is 4.79 Å².